The third-order valence-corrected chi connectivity index (χ3v) is 6.85. The first-order valence-electron chi connectivity index (χ1n) is 13.2. The number of urea groups is 1. The lowest BCUT2D eigenvalue weighted by Crippen LogP contribution is -2.64. The minimum absolute atomic E-state index is 0.238. The SMILES string of the molecule is Cc1ccc(NC(=O)N2CCCN(C(=O)c3cccc(C)c3)C2C(=O)NC(CC(=O)O)c2cccc(C)c2)cc1. The number of amides is 4. The zero-order valence-corrected chi connectivity index (χ0v) is 22.9. The maximum Gasteiger partial charge on any atom is 0.323 e. The van der Waals surface area contributed by atoms with Crippen LogP contribution in [0.25, 0.3) is 0 Å². The van der Waals surface area contributed by atoms with Crippen molar-refractivity contribution in [1.29, 1.82) is 0 Å². The van der Waals surface area contributed by atoms with Crippen LogP contribution < -0.4 is 10.6 Å². The summed E-state index contributed by atoms with van der Waals surface area (Å²) in [4.78, 5) is 55.6. The molecule has 1 aliphatic rings. The van der Waals surface area contributed by atoms with Crippen molar-refractivity contribution in [2.75, 3.05) is 18.4 Å². The molecule has 0 saturated carbocycles. The number of anilines is 1. The molecule has 4 rings (SSSR count). The zero-order valence-electron chi connectivity index (χ0n) is 22.9. The molecular weight excluding hydrogens is 508 g/mol. The van der Waals surface area contributed by atoms with E-state index in [4.69, 9.17) is 0 Å². The van der Waals surface area contributed by atoms with Gasteiger partial charge in [-0.2, -0.15) is 0 Å². The standard InChI is InChI=1S/C31H34N4O5/c1-20-11-13-25(14-12-20)32-31(40)35-16-6-15-34(30(39)24-10-5-8-22(3)18-24)29(35)28(38)33-26(19-27(36)37)23-9-4-7-21(2)17-23/h4-5,7-14,17-18,26,29H,6,15-16,19H2,1-3H3,(H,32,40)(H,33,38)(H,36,37). The fraction of sp³-hybridized carbons (Fsp3) is 0.290. The Labute approximate surface area is 233 Å². The molecule has 4 amide bonds. The van der Waals surface area contributed by atoms with E-state index in [1.165, 1.54) is 9.80 Å². The molecule has 3 aromatic rings. The van der Waals surface area contributed by atoms with E-state index in [9.17, 15) is 24.3 Å². The fourth-order valence-corrected chi connectivity index (χ4v) is 4.87. The van der Waals surface area contributed by atoms with Crippen molar-refractivity contribution in [2.45, 2.75) is 45.8 Å². The van der Waals surface area contributed by atoms with Gasteiger partial charge in [0.05, 0.1) is 12.5 Å². The molecule has 1 fully saturated rings. The highest BCUT2D eigenvalue weighted by atomic mass is 16.4. The fourth-order valence-electron chi connectivity index (χ4n) is 4.87. The number of carbonyl (C=O) groups excluding carboxylic acids is 3. The Bertz CT molecular complexity index is 1400. The van der Waals surface area contributed by atoms with Gasteiger partial charge in [-0.3, -0.25) is 19.3 Å². The van der Waals surface area contributed by atoms with Crippen molar-refractivity contribution >= 4 is 29.5 Å². The number of aryl methyl sites for hydroxylation is 3. The van der Waals surface area contributed by atoms with Crippen LogP contribution in [0.3, 0.4) is 0 Å². The first kappa shape index (κ1) is 28.4. The van der Waals surface area contributed by atoms with Crippen LogP contribution in [0.5, 0.6) is 0 Å². The molecule has 0 spiro atoms. The summed E-state index contributed by atoms with van der Waals surface area (Å²) in [6.07, 6.45) is -1.17. The lowest BCUT2D eigenvalue weighted by molar-refractivity contribution is -0.138. The highest BCUT2D eigenvalue weighted by molar-refractivity contribution is 6.00. The number of hydrogen-bond donors (Lipinski definition) is 3. The number of carboxylic acids is 1. The van der Waals surface area contributed by atoms with Crippen LogP contribution in [-0.2, 0) is 9.59 Å². The first-order valence-corrected chi connectivity index (χ1v) is 13.2. The summed E-state index contributed by atoms with van der Waals surface area (Å²) in [6, 6.07) is 20.2. The van der Waals surface area contributed by atoms with Crippen molar-refractivity contribution in [1.82, 2.24) is 15.1 Å². The second-order valence-corrected chi connectivity index (χ2v) is 10.2. The molecule has 3 aromatic carbocycles. The molecule has 1 aliphatic heterocycles. The van der Waals surface area contributed by atoms with Crippen LogP contribution in [0.4, 0.5) is 10.5 Å². The van der Waals surface area contributed by atoms with Crippen LogP contribution in [0.1, 0.15) is 51.5 Å². The Morgan fingerprint density at radius 2 is 1.50 bits per heavy atom. The molecule has 0 aromatic heterocycles. The van der Waals surface area contributed by atoms with E-state index in [1.54, 1.807) is 42.5 Å². The number of benzene rings is 3. The number of carboxylic acid groups (broad SMARTS) is 1. The van der Waals surface area contributed by atoms with Crippen molar-refractivity contribution in [3.05, 3.63) is 101 Å². The Morgan fingerprint density at radius 3 is 2.15 bits per heavy atom. The van der Waals surface area contributed by atoms with Gasteiger partial charge in [0, 0.05) is 24.3 Å². The lowest BCUT2D eigenvalue weighted by atomic mass is 10.0. The van der Waals surface area contributed by atoms with Crippen LogP contribution >= 0.6 is 0 Å². The van der Waals surface area contributed by atoms with E-state index in [0.29, 0.717) is 23.2 Å². The average molecular weight is 543 g/mol. The smallest absolute Gasteiger partial charge is 0.323 e. The van der Waals surface area contributed by atoms with Crippen molar-refractivity contribution in [3.63, 3.8) is 0 Å². The summed E-state index contributed by atoms with van der Waals surface area (Å²) >= 11 is 0. The predicted molar refractivity (Wildman–Crippen MR) is 152 cm³/mol. The Kier molecular flexibility index (Phi) is 8.83. The second-order valence-electron chi connectivity index (χ2n) is 10.2. The Morgan fingerprint density at radius 1 is 0.850 bits per heavy atom. The molecule has 2 atom stereocenters. The Hall–Kier alpha value is -4.66. The average Bonchev–Trinajstić information content (AvgIpc) is 2.92. The number of nitrogens with one attached hydrogen (secondary N) is 2. The third-order valence-electron chi connectivity index (χ3n) is 6.85. The van der Waals surface area contributed by atoms with Gasteiger partial charge in [-0.1, -0.05) is 65.2 Å². The van der Waals surface area contributed by atoms with Crippen molar-refractivity contribution in [2.24, 2.45) is 0 Å². The number of carbonyl (C=O) groups is 4. The summed E-state index contributed by atoms with van der Waals surface area (Å²) in [5.74, 6) is -2.10. The van der Waals surface area contributed by atoms with E-state index in [2.05, 4.69) is 10.6 Å². The van der Waals surface area contributed by atoms with Crippen LogP contribution in [0.15, 0.2) is 72.8 Å². The van der Waals surface area contributed by atoms with Crippen molar-refractivity contribution in [3.8, 4) is 0 Å². The molecule has 40 heavy (non-hydrogen) atoms. The lowest BCUT2D eigenvalue weighted by Gasteiger charge is -2.43. The predicted octanol–water partition coefficient (Wildman–Crippen LogP) is 4.65. The molecule has 1 saturated heterocycles. The number of nitrogens with zero attached hydrogens (tertiary/aromatic N) is 2. The van der Waals surface area contributed by atoms with Gasteiger partial charge in [-0.15, -0.1) is 0 Å². The minimum atomic E-state index is -1.28. The molecule has 1 heterocycles. The Balaban J connectivity index is 1.68. The normalized spacial score (nSPS) is 15.7. The first-order chi connectivity index (χ1) is 19.1. The van der Waals surface area contributed by atoms with Gasteiger partial charge in [0.25, 0.3) is 11.8 Å². The van der Waals surface area contributed by atoms with Gasteiger partial charge in [0.15, 0.2) is 6.17 Å². The molecule has 9 heteroatoms. The summed E-state index contributed by atoms with van der Waals surface area (Å²) < 4.78 is 0. The topological polar surface area (TPSA) is 119 Å². The third kappa shape index (κ3) is 6.85. The van der Waals surface area contributed by atoms with Crippen LogP contribution in [0.2, 0.25) is 0 Å². The van der Waals surface area contributed by atoms with Gasteiger partial charge in [0.2, 0.25) is 0 Å². The molecule has 0 radical (unpaired) electrons. The second kappa shape index (κ2) is 12.5. The minimum Gasteiger partial charge on any atom is -0.481 e. The number of rotatable bonds is 7. The largest absolute Gasteiger partial charge is 0.481 e. The molecule has 2 unspecified atom stereocenters. The van der Waals surface area contributed by atoms with E-state index in [1.807, 2.05) is 51.1 Å². The van der Waals surface area contributed by atoms with E-state index >= 15 is 0 Å². The highest BCUT2D eigenvalue weighted by Crippen LogP contribution is 2.24. The summed E-state index contributed by atoms with van der Waals surface area (Å²) in [7, 11) is 0. The van der Waals surface area contributed by atoms with E-state index in [-0.39, 0.29) is 25.4 Å². The summed E-state index contributed by atoms with van der Waals surface area (Å²) in [6.45, 7) is 6.18. The number of hydrogen-bond acceptors (Lipinski definition) is 4. The zero-order chi connectivity index (χ0) is 28.8. The van der Waals surface area contributed by atoms with Gasteiger partial charge >= 0.3 is 12.0 Å². The molecule has 0 bridgehead atoms. The van der Waals surface area contributed by atoms with Crippen molar-refractivity contribution < 1.29 is 24.3 Å². The highest BCUT2D eigenvalue weighted by Gasteiger charge is 2.41. The van der Waals surface area contributed by atoms with Gasteiger partial charge < -0.3 is 20.6 Å². The molecule has 0 aliphatic carbocycles. The molecule has 208 valence electrons. The molecule has 3 N–H and O–H groups in total. The quantitative estimate of drug-likeness (QED) is 0.402. The van der Waals surface area contributed by atoms with E-state index in [0.717, 1.165) is 16.7 Å². The van der Waals surface area contributed by atoms with Crippen LogP contribution in [0, 0.1) is 20.8 Å². The molecule has 9 nitrogen and oxygen atoms in total. The summed E-state index contributed by atoms with van der Waals surface area (Å²) in [5.41, 5.74) is 4.41. The summed E-state index contributed by atoms with van der Waals surface area (Å²) in [5, 5.41) is 15.2. The monoisotopic (exact) mass is 542 g/mol. The molecular formula is C31H34N4O5. The maximum absolute atomic E-state index is 14.0. The number of aliphatic carboxylic acids is 1. The van der Waals surface area contributed by atoms with Crippen LogP contribution in [-0.4, -0.2) is 58.0 Å². The van der Waals surface area contributed by atoms with Gasteiger partial charge in [-0.05, 0) is 57.0 Å². The van der Waals surface area contributed by atoms with Gasteiger partial charge in [-0.25, -0.2) is 4.79 Å². The van der Waals surface area contributed by atoms with Gasteiger partial charge in [0.1, 0.15) is 0 Å². The van der Waals surface area contributed by atoms with E-state index < -0.39 is 30.1 Å². The maximum atomic E-state index is 14.0.